The second-order valence-corrected chi connectivity index (χ2v) is 6.26. The molecule has 1 saturated heterocycles. The maximum absolute atomic E-state index is 3.84. The van der Waals surface area contributed by atoms with E-state index in [1.165, 1.54) is 24.6 Å². The third kappa shape index (κ3) is 4.45. The number of halogens is 1. The van der Waals surface area contributed by atoms with Gasteiger partial charge in [0.2, 0.25) is 0 Å². The first-order valence-corrected chi connectivity index (χ1v) is 6.87. The van der Waals surface area contributed by atoms with Crippen LogP contribution in [0.25, 0.3) is 0 Å². The Labute approximate surface area is 84.5 Å². The molecule has 0 aromatic heterocycles. The minimum Gasteiger partial charge on any atom is -0.297 e. The molecule has 1 heterocycles. The van der Waals surface area contributed by atoms with Gasteiger partial charge in [0.1, 0.15) is 0 Å². The van der Waals surface area contributed by atoms with Crippen molar-refractivity contribution < 1.29 is 0 Å². The van der Waals surface area contributed by atoms with Gasteiger partial charge >= 0.3 is 0 Å². The summed E-state index contributed by atoms with van der Waals surface area (Å²) in [5.74, 6) is 2.48. The van der Waals surface area contributed by atoms with Gasteiger partial charge in [-0.25, -0.2) is 0 Å². The molecule has 0 spiro atoms. The van der Waals surface area contributed by atoms with Crippen molar-refractivity contribution in [2.45, 2.75) is 0 Å². The van der Waals surface area contributed by atoms with Gasteiger partial charge in [0.25, 0.3) is 0 Å². The molecule has 64 valence electrons. The zero-order valence-corrected chi connectivity index (χ0v) is 9.60. The van der Waals surface area contributed by atoms with Gasteiger partial charge < -0.3 is 0 Å². The van der Waals surface area contributed by atoms with E-state index in [1.807, 2.05) is 21.6 Å². The Hall–Kier alpha value is 0.880. The van der Waals surface area contributed by atoms with E-state index in [0.29, 0.717) is 0 Å². The zero-order chi connectivity index (χ0) is 8.10. The second kappa shape index (κ2) is 5.51. The van der Waals surface area contributed by atoms with Gasteiger partial charge in [0.05, 0.1) is 0 Å². The van der Waals surface area contributed by atoms with Crippen molar-refractivity contribution in [3.05, 3.63) is 11.1 Å². The molecule has 0 aromatic carbocycles. The van der Waals surface area contributed by atoms with Crippen LogP contribution >= 0.6 is 37.5 Å². The molecule has 0 bridgehead atoms. The standard InChI is InChI=1S/C7H12BrNS2/c1-7(8)6-9-2-4-10-11-5-3-9/h1-6H2. The molecule has 1 aliphatic heterocycles. The lowest BCUT2D eigenvalue weighted by molar-refractivity contribution is 0.343. The normalized spacial score (nSPS) is 21.2. The predicted molar refractivity (Wildman–Crippen MR) is 59.4 cm³/mol. The first-order valence-electron chi connectivity index (χ1n) is 3.59. The van der Waals surface area contributed by atoms with Gasteiger partial charge in [-0.3, -0.25) is 4.90 Å². The van der Waals surface area contributed by atoms with E-state index < -0.39 is 0 Å². The Balaban J connectivity index is 2.25. The zero-order valence-electron chi connectivity index (χ0n) is 6.38. The second-order valence-electron chi connectivity index (χ2n) is 2.44. The lowest BCUT2D eigenvalue weighted by Crippen LogP contribution is -2.28. The molecule has 0 saturated carbocycles. The molecule has 0 N–H and O–H groups in total. The number of nitrogens with zero attached hydrogens (tertiary/aromatic N) is 1. The van der Waals surface area contributed by atoms with Crippen LogP contribution in [0.3, 0.4) is 0 Å². The maximum atomic E-state index is 3.84. The van der Waals surface area contributed by atoms with E-state index in [2.05, 4.69) is 27.4 Å². The third-order valence-electron chi connectivity index (χ3n) is 1.46. The fourth-order valence-corrected chi connectivity index (χ4v) is 3.37. The van der Waals surface area contributed by atoms with Crippen molar-refractivity contribution in [3.8, 4) is 0 Å². The van der Waals surface area contributed by atoms with Crippen LogP contribution in [-0.2, 0) is 0 Å². The highest BCUT2D eigenvalue weighted by Gasteiger charge is 2.08. The van der Waals surface area contributed by atoms with Crippen molar-refractivity contribution in [1.82, 2.24) is 4.90 Å². The van der Waals surface area contributed by atoms with Crippen LogP contribution in [0.1, 0.15) is 0 Å². The van der Waals surface area contributed by atoms with Crippen molar-refractivity contribution in [2.24, 2.45) is 0 Å². The summed E-state index contributed by atoms with van der Waals surface area (Å²) >= 11 is 3.39. The average molecular weight is 254 g/mol. The van der Waals surface area contributed by atoms with Gasteiger partial charge in [0, 0.05) is 35.6 Å². The van der Waals surface area contributed by atoms with Crippen LogP contribution in [0.4, 0.5) is 0 Å². The summed E-state index contributed by atoms with van der Waals surface area (Å²) in [4.78, 5) is 2.43. The molecule has 0 atom stereocenters. The molecule has 0 amide bonds. The molecule has 1 nitrogen and oxygen atoms in total. The maximum Gasteiger partial charge on any atom is 0.0294 e. The quantitative estimate of drug-likeness (QED) is 0.697. The molecule has 1 rings (SSSR count). The number of hydrogen-bond donors (Lipinski definition) is 0. The number of rotatable bonds is 2. The SMILES string of the molecule is C=C(Br)CN1CCSSCC1. The van der Waals surface area contributed by atoms with E-state index in [-0.39, 0.29) is 0 Å². The van der Waals surface area contributed by atoms with E-state index in [4.69, 9.17) is 0 Å². The molecule has 4 heteroatoms. The highest BCUT2D eigenvalue weighted by molar-refractivity contribution is 9.11. The van der Waals surface area contributed by atoms with Crippen molar-refractivity contribution in [3.63, 3.8) is 0 Å². The van der Waals surface area contributed by atoms with Crippen LogP contribution in [0, 0.1) is 0 Å². The summed E-state index contributed by atoms with van der Waals surface area (Å²) < 4.78 is 1.09. The van der Waals surface area contributed by atoms with Crippen molar-refractivity contribution in [2.75, 3.05) is 31.1 Å². The summed E-state index contributed by atoms with van der Waals surface area (Å²) in [6.45, 7) is 7.24. The van der Waals surface area contributed by atoms with Crippen LogP contribution in [0.2, 0.25) is 0 Å². The average Bonchev–Trinajstić information content (AvgIpc) is 2.14. The Morgan fingerprint density at radius 1 is 1.36 bits per heavy atom. The monoisotopic (exact) mass is 253 g/mol. The summed E-state index contributed by atoms with van der Waals surface area (Å²) in [7, 11) is 3.95. The van der Waals surface area contributed by atoms with Gasteiger partial charge in [-0.05, 0) is 0 Å². The lowest BCUT2D eigenvalue weighted by Gasteiger charge is -2.17. The predicted octanol–water partition coefficient (Wildman–Crippen LogP) is 2.59. The minimum atomic E-state index is 1.00. The summed E-state index contributed by atoms with van der Waals surface area (Å²) in [6.07, 6.45) is 0. The lowest BCUT2D eigenvalue weighted by atomic mass is 10.5. The molecule has 11 heavy (non-hydrogen) atoms. The summed E-state index contributed by atoms with van der Waals surface area (Å²) in [5.41, 5.74) is 0. The van der Waals surface area contributed by atoms with E-state index in [1.54, 1.807) is 0 Å². The fraction of sp³-hybridized carbons (Fsp3) is 0.714. The molecule has 0 aliphatic carbocycles. The Kier molecular flexibility index (Phi) is 4.99. The highest BCUT2D eigenvalue weighted by Crippen LogP contribution is 2.24. The molecular formula is C7H12BrNS2. The highest BCUT2D eigenvalue weighted by atomic mass is 79.9. The molecule has 0 aromatic rings. The van der Waals surface area contributed by atoms with E-state index in [0.717, 1.165) is 11.0 Å². The summed E-state index contributed by atoms with van der Waals surface area (Å²) in [5, 5.41) is 0. The summed E-state index contributed by atoms with van der Waals surface area (Å²) in [6, 6.07) is 0. The Morgan fingerprint density at radius 2 is 1.91 bits per heavy atom. The Bertz CT molecular complexity index is 132. The van der Waals surface area contributed by atoms with Crippen LogP contribution in [0.15, 0.2) is 11.1 Å². The largest absolute Gasteiger partial charge is 0.297 e. The van der Waals surface area contributed by atoms with Crippen LogP contribution in [-0.4, -0.2) is 36.0 Å². The van der Waals surface area contributed by atoms with Crippen LogP contribution < -0.4 is 0 Å². The molecule has 1 aliphatic rings. The first-order chi connectivity index (χ1) is 5.29. The third-order valence-corrected chi connectivity index (χ3v) is 4.08. The Morgan fingerprint density at radius 3 is 2.36 bits per heavy atom. The van der Waals surface area contributed by atoms with Gasteiger partial charge in [0.15, 0.2) is 0 Å². The fourth-order valence-electron chi connectivity index (χ4n) is 0.963. The van der Waals surface area contributed by atoms with Gasteiger partial charge in [-0.15, -0.1) is 0 Å². The van der Waals surface area contributed by atoms with E-state index in [9.17, 15) is 0 Å². The van der Waals surface area contributed by atoms with Gasteiger partial charge in [-0.1, -0.05) is 44.1 Å². The topological polar surface area (TPSA) is 3.24 Å². The first kappa shape index (κ1) is 9.96. The molecule has 0 unspecified atom stereocenters. The van der Waals surface area contributed by atoms with E-state index >= 15 is 0 Å². The molecule has 0 radical (unpaired) electrons. The molecule has 1 fully saturated rings. The number of hydrogen-bond acceptors (Lipinski definition) is 3. The smallest absolute Gasteiger partial charge is 0.0294 e. The van der Waals surface area contributed by atoms with Gasteiger partial charge in [-0.2, -0.15) is 0 Å². The molecular weight excluding hydrogens is 242 g/mol. The van der Waals surface area contributed by atoms with Crippen molar-refractivity contribution in [1.29, 1.82) is 0 Å². The van der Waals surface area contributed by atoms with Crippen LogP contribution in [0.5, 0.6) is 0 Å². The van der Waals surface area contributed by atoms with Crippen molar-refractivity contribution >= 4 is 37.5 Å². The minimum absolute atomic E-state index is 1.00.